The van der Waals surface area contributed by atoms with E-state index >= 15 is 0 Å². The van der Waals surface area contributed by atoms with Gasteiger partial charge < -0.3 is 15.0 Å². The Bertz CT molecular complexity index is 258. The van der Waals surface area contributed by atoms with Crippen molar-refractivity contribution in [2.24, 2.45) is 0 Å². The molecule has 0 bridgehead atoms. The minimum atomic E-state index is -4.33. The van der Waals surface area contributed by atoms with Crippen LogP contribution in [0.15, 0.2) is 0 Å². The van der Waals surface area contributed by atoms with Gasteiger partial charge in [0.05, 0.1) is 13.0 Å². The van der Waals surface area contributed by atoms with Crippen molar-refractivity contribution in [3.8, 4) is 0 Å². The summed E-state index contributed by atoms with van der Waals surface area (Å²) in [7, 11) is 1.82. The number of likely N-dealkylation sites (N-methyl/N-ethyl adjacent to an activating group) is 1. The van der Waals surface area contributed by atoms with Crippen LogP contribution in [0.2, 0.25) is 0 Å². The number of nitrogens with one attached hydrogen (secondary N) is 1. The Balaban J connectivity index is 2.14. The largest absolute Gasteiger partial charge is 0.411 e. The Morgan fingerprint density at radius 2 is 2.24 bits per heavy atom. The van der Waals surface area contributed by atoms with Crippen molar-refractivity contribution in [2.45, 2.75) is 25.1 Å². The topological polar surface area (TPSA) is 41.6 Å². The molecule has 17 heavy (non-hydrogen) atoms. The van der Waals surface area contributed by atoms with Crippen LogP contribution >= 0.6 is 0 Å². The van der Waals surface area contributed by atoms with Crippen LogP contribution in [-0.4, -0.2) is 56.4 Å². The van der Waals surface area contributed by atoms with Crippen molar-refractivity contribution >= 4 is 5.91 Å². The molecule has 0 radical (unpaired) electrons. The van der Waals surface area contributed by atoms with Gasteiger partial charge in [0.2, 0.25) is 5.91 Å². The second-order valence-corrected chi connectivity index (χ2v) is 4.03. The first-order valence-corrected chi connectivity index (χ1v) is 5.52. The number of likely N-dealkylation sites (tertiary alicyclic amines) is 1. The molecule has 0 aromatic heterocycles. The number of nitrogens with zero attached hydrogens (tertiary/aromatic N) is 1. The number of carbonyl (C=O) groups excluding carboxylic acids is 1. The molecule has 1 N–H and O–H groups in total. The van der Waals surface area contributed by atoms with Crippen LogP contribution in [0.4, 0.5) is 13.2 Å². The molecular formula is C10H17F3N2O2. The third-order valence-electron chi connectivity index (χ3n) is 2.68. The maximum absolute atomic E-state index is 11.7. The molecule has 1 unspecified atom stereocenters. The molecule has 1 aliphatic heterocycles. The minimum Gasteiger partial charge on any atom is -0.372 e. The molecule has 0 aromatic rings. The highest BCUT2D eigenvalue weighted by Gasteiger charge is 2.28. The van der Waals surface area contributed by atoms with Crippen LogP contribution in [-0.2, 0) is 9.53 Å². The summed E-state index contributed by atoms with van der Waals surface area (Å²) in [5.74, 6) is -0.148. The van der Waals surface area contributed by atoms with Gasteiger partial charge >= 0.3 is 6.18 Å². The fourth-order valence-electron chi connectivity index (χ4n) is 1.73. The molecule has 4 nitrogen and oxygen atoms in total. The van der Waals surface area contributed by atoms with Gasteiger partial charge in [-0.2, -0.15) is 13.2 Å². The monoisotopic (exact) mass is 254 g/mol. The Labute approximate surface area is 98.1 Å². The van der Waals surface area contributed by atoms with E-state index in [1.807, 2.05) is 7.05 Å². The number of rotatable bonds is 5. The molecule has 1 aliphatic rings. The SMILES string of the molecule is CNC1CCN(C(=O)CCOCC(F)(F)F)C1. The third kappa shape index (κ3) is 5.36. The Morgan fingerprint density at radius 3 is 2.76 bits per heavy atom. The van der Waals surface area contributed by atoms with Gasteiger partial charge in [-0.1, -0.05) is 0 Å². The van der Waals surface area contributed by atoms with E-state index < -0.39 is 12.8 Å². The van der Waals surface area contributed by atoms with Crippen LogP contribution < -0.4 is 5.32 Å². The number of ether oxygens (including phenoxy) is 1. The lowest BCUT2D eigenvalue weighted by molar-refractivity contribution is -0.175. The average molecular weight is 254 g/mol. The molecule has 0 aromatic carbocycles. The van der Waals surface area contributed by atoms with Gasteiger partial charge in [0.1, 0.15) is 6.61 Å². The lowest BCUT2D eigenvalue weighted by Gasteiger charge is -2.16. The maximum atomic E-state index is 11.7. The summed E-state index contributed by atoms with van der Waals surface area (Å²) in [5.41, 5.74) is 0. The van der Waals surface area contributed by atoms with Crippen molar-refractivity contribution < 1.29 is 22.7 Å². The molecule has 1 rings (SSSR count). The zero-order valence-electron chi connectivity index (χ0n) is 9.72. The normalized spacial score (nSPS) is 20.9. The summed E-state index contributed by atoms with van der Waals surface area (Å²) in [6.07, 6.45) is -3.44. The fraction of sp³-hybridized carbons (Fsp3) is 0.900. The lowest BCUT2D eigenvalue weighted by Crippen LogP contribution is -2.34. The van der Waals surface area contributed by atoms with Gasteiger partial charge in [0.15, 0.2) is 0 Å². The van der Waals surface area contributed by atoms with Crippen molar-refractivity contribution in [1.82, 2.24) is 10.2 Å². The summed E-state index contributed by atoms with van der Waals surface area (Å²) in [6, 6.07) is 0.287. The zero-order chi connectivity index (χ0) is 12.9. The second-order valence-electron chi connectivity index (χ2n) is 4.03. The molecule has 0 saturated carbocycles. The second kappa shape index (κ2) is 6.20. The van der Waals surface area contributed by atoms with Gasteiger partial charge in [-0.3, -0.25) is 4.79 Å². The van der Waals surface area contributed by atoms with E-state index in [2.05, 4.69) is 10.1 Å². The molecule has 1 atom stereocenters. The summed E-state index contributed by atoms with van der Waals surface area (Å²) < 4.78 is 39.6. The van der Waals surface area contributed by atoms with Crippen LogP contribution in [0.5, 0.6) is 0 Å². The van der Waals surface area contributed by atoms with Crippen molar-refractivity contribution in [3.05, 3.63) is 0 Å². The summed E-state index contributed by atoms with van der Waals surface area (Å²) in [4.78, 5) is 13.2. The molecular weight excluding hydrogens is 237 g/mol. The summed E-state index contributed by atoms with van der Waals surface area (Å²) in [6.45, 7) is -0.198. The number of halogens is 3. The van der Waals surface area contributed by atoms with E-state index in [1.165, 1.54) is 0 Å². The Kier molecular flexibility index (Phi) is 5.20. The lowest BCUT2D eigenvalue weighted by atomic mass is 10.3. The first kappa shape index (κ1) is 14.2. The van der Waals surface area contributed by atoms with Gasteiger partial charge in [0, 0.05) is 19.1 Å². The van der Waals surface area contributed by atoms with Crippen LogP contribution in [0, 0.1) is 0 Å². The van der Waals surface area contributed by atoms with E-state index in [-0.39, 0.29) is 25.0 Å². The van der Waals surface area contributed by atoms with Gasteiger partial charge in [-0.05, 0) is 13.5 Å². The number of amides is 1. The number of hydrogen-bond donors (Lipinski definition) is 1. The van der Waals surface area contributed by atoms with Crippen molar-refractivity contribution in [1.29, 1.82) is 0 Å². The first-order chi connectivity index (χ1) is 7.92. The zero-order valence-corrected chi connectivity index (χ0v) is 9.72. The Hall–Kier alpha value is -0.820. The predicted octanol–water partition coefficient (Wildman–Crippen LogP) is 0.776. The molecule has 7 heteroatoms. The third-order valence-corrected chi connectivity index (χ3v) is 2.68. The molecule has 100 valence electrons. The van der Waals surface area contributed by atoms with E-state index in [0.717, 1.165) is 6.42 Å². The van der Waals surface area contributed by atoms with Crippen LogP contribution in [0.3, 0.4) is 0 Å². The quantitative estimate of drug-likeness (QED) is 0.737. The smallest absolute Gasteiger partial charge is 0.372 e. The maximum Gasteiger partial charge on any atom is 0.411 e. The van der Waals surface area contributed by atoms with E-state index in [9.17, 15) is 18.0 Å². The minimum absolute atomic E-state index is 0.00646. The van der Waals surface area contributed by atoms with Gasteiger partial charge in [-0.15, -0.1) is 0 Å². The Morgan fingerprint density at radius 1 is 1.53 bits per heavy atom. The van der Waals surface area contributed by atoms with Crippen LogP contribution in [0.25, 0.3) is 0 Å². The van der Waals surface area contributed by atoms with Gasteiger partial charge in [0.25, 0.3) is 0 Å². The molecule has 0 spiro atoms. The van der Waals surface area contributed by atoms with E-state index in [1.54, 1.807) is 4.90 Å². The summed E-state index contributed by atoms with van der Waals surface area (Å²) >= 11 is 0. The van der Waals surface area contributed by atoms with Crippen molar-refractivity contribution in [3.63, 3.8) is 0 Å². The number of hydrogen-bond acceptors (Lipinski definition) is 3. The van der Waals surface area contributed by atoms with E-state index in [0.29, 0.717) is 13.1 Å². The highest BCUT2D eigenvalue weighted by Crippen LogP contribution is 2.15. The average Bonchev–Trinajstić information content (AvgIpc) is 2.71. The number of carbonyl (C=O) groups is 1. The van der Waals surface area contributed by atoms with Crippen LogP contribution in [0.1, 0.15) is 12.8 Å². The first-order valence-electron chi connectivity index (χ1n) is 5.52. The molecule has 1 saturated heterocycles. The fourth-order valence-corrected chi connectivity index (χ4v) is 1.73. The highest BCUT2D eigenvalue weighted by atomic mass is 19.4. The predicted molar refractivity (Wildman–Crippen MR) is 55.5 cm³/mol. The van der Waals surface area contributed by atoms with Gasteiger partial charge in [-0.25, -0.2) is 0 Å². The van der Waals surface area contributed by atoms with Crippen molar-refractivity contribution in [2.75, 3.05) is 33.4 Å². The summed E-state index contributed by atoms with van der Waals surface area (Å²) in [5, 5.41) is 3.06. The standard InChI is InChI=1S/C10H17F3N2O2/c1-14-8-2-4-15(6-8)9(16)3-5-17-7-10(11,12)13/h8,14H,2-7H2,1H3. The highest BCUT2D eigenvalue weighted by molar-refractivity contribution is 5.76. The molecule has 1 heterocycles. The van der Waals surface area contributed by atoms with E-state index in [4.69, 9.17) is 0 Å². The molecule has 0 aliphatic carbocycles. The molecule has 1 fully saturated rings. The number of alkyl halides is 3. The molecule has 1 amide bonds.